The first-order valence-corrected chi connectivity index (χ1v) is 10.3. The van der Waals surface area contributed by atoms with E-state index in [1.165, 1.54) is 0 Å². The van der Waals surface area contributed by atoms with E-state index in [1.807, 2.05) is 84.9 Å². The number of benzene rings is 4. The highest BCUT2D eigenvalue weighted by molar-refractivity contribution is 6.15. The van der Waals surface area contributed by atoms with Gasteiger partial charge in [-0.05, 0) is 35.9 Å². The fourth-order valence-electron chi connectivity index (χ4n) is 3.60. The third-order valence-electron chi connectivity index (χ3n) is 5.13. The van der Waals surface area contributed by atoms with Crippen LogP contribution in [0.25, 0.3) is 11.3 Å². The lowest BCUT2D eigenvalue weighted by Crippen LogP contribution is -2.05. The zero-order chi connectivity index (χ0) is 20.9. The fraction of sp³-hybridized carbons (Fsp3) is 0. The van der Waals surface area contributed by atoms with Crippen molar-refractivity contribution in [3.8, 4) is 5.75 Å². The van der Waals surface area contributed by atoms with Crippen molar-refractivity contribution < 1.29 is 4.74 Å². The molecule has 1 heterocycles. The Balaban J connectivity index is 1.68. The lowest BCUT2D eigenvalue weighted by Gasteiger charge is -2.21. The second-order valence-corrected chi connectivity index (χ2v) is 7.27. The van der Waals surface area contributed by atoms with Crippen LogP contribution < -0.4 is 4.74 Å². The van der Waals surface area contributed by atoms with Crippen LogP contribution in [0.5, 0.6) is 5.75 Å². The predicted molar refractivity (Wildman–Crippen MR) is 129 cm³/mol. The summed E-state index contributed by atoms with van der Waals surface area (Å²) in [6.45, 7) is 0. The van der Waals surface area contributed by atoms with E-state index in [0.29, 0.717) is 0 Å². The Kier molecular flexibility index (Phi) is 5.27. The molecule has 148 valence electrons. The molecule has 31 heavy (non-hydrogen) atoms. The molecule has 0 aromatic heterocycles. The Morgan fingerprint density at radius 3 is 2.00 bits per heavy atom. The summed E-state index contributed by atoms with van der Waals surface area (Å²) in [4.78, 5) is 4.96. The van der Waals surface area contributed by atoms with Crippen LogP contribution >= 0.6 is 0 Å². The Morgan fingerprint density at radius 2 is 1.26 bits per heavy atom. The van der Waals surface area contributed by atoms with Crippen LogP contribution in [0, 0.1) is 0 Å². The summed E-state index contributed by atoms with van der Waals surface area (Å²) in [6, 6.07) is 38.6. The maximum Gasteiger partial charge on any atom is 0.135 e. The highest BCUT2D eigenvalue weighted by atomic mass is 16.5. The first-order valence-electron chi connectivity index (χ1n) is 10.3. The molecule has 0 saturated carbocycles. The molecule has 0 saturated heterocycles. The van der Waals surface area contributed by atoms with E-state index in [0.717, 1.165) is 45.2 Å². The van der Waals surface area contributed by atoms with Crippen LogP contribution in [0.4, 0.5) is 5.69 Å². The zero-order valence-electron chi connectivity index (χ0n) is 17.0. The van der Waals surface area contributed by atoms with Gasteiger partial charge in [-0.3, -0.25) is 0 Å². The van der Waals surface area contributed by atoms with Crippen LogP contribution in [-0.4, -0.2) is 5.71 Å². The van der Waals surface area contributed by atoms with Crippen LogP contribution in [0.3, 0.4) is 0 Å². The molecule has 1 aliphatic rings. The number of ether oxygens (including phenoxy) is 1. The molecule has 0 N–H and O–H groups in total. The molecule has 0 spiro atoms. The molecule has 4 aromatic rings. The summed E-state index contributed by atoms with van der Waals surface area (Å²) in [5.74, 6) is 1.68. The molecule has 0 unspecified atom stereocenters. The van der Waals surface area contributed by atoms with Crippen molar-refractivity contribution >= 4 is 22.7 Å². The van der Waals surface area contributed by atoms with Gasteiger partial charge in [-0.2, -0.15) is 0 Å². The minimum Gasteiger partial charge on any atom is -0.456 e. The third kappa shape index (κ3) is 4.24. The second kappa shape index (κ2) is 8.68. The van der Waals surface area contributed by atoms with Gasteiger partial charge in [0.15, 0.2) is 0 Å². The summed E-state index contributed by atoms with van der Waals surface area (Å²) in [5.41, 5.74) is 6.06. The Labute approximate surface area is 182 Å². The fourth-order valence-corrected chi connectivity index (χ4v) is 3.60. The second-order valence-electron chi connectivity index (χ2n) is 7.27. The monoisotopic (exact) mass is 399 g/mol. The molecule has 0 bridgehead atoms. The topological polar surface area (TPSA) is 21.6 Å². The van der Waals surface area contributed by atoms with Crippen molar-refractivity contribution in [3.63, 3.8) is 0 Å². The van der Waals surface area contributed by atoms with E-state index in [1.54, 1.807) is 0 Å². The van der Waals surface area contributed by atoms with Crippen molar-refractivity contribution in [1.82, 2.24) is 0 Å². The summed E-state index contributed by atoms with van der Waals surface area (Å²) >= 11 is 0. The first-order chi connectivity index (χ1) is 15.4. The SMILES string of the molecule is C1=C(c2ccccc2)Oc2ccccc2/C1=C/C(=Nc1ccccc1)c1ccccc1. The lowest BCUT2D eigenvalue weighted by atomic mass is 9.96. The molecule has 0 atom stereocenters. The molecule has 4 aromatic carbocycles. The molecule has 2 nitrogen and oxygen atoms in total. The molecule has 0 fully saturated rings. The van der Waals surface area contributed by atoms with Gasteiger partial charge in [-0.25, -0.2) is 4.99 Å². The molecule has 0 radical (unpaired) electrons. The smallest absolute Gasteiger partial charge is 0.135 e. The first kappa shape index (κ1) is 18.8. The Hall–Kier alpha value is -4.17. The molecular weight excluding hydrogens is 378 g/mol. The quantitative estimate of drug-likeness (QED) is 0.329. The van der Waals surface area contributed by atoms with E-state index in [4.69, 9.17) is 9.73 Å². The Bertz CT molecular complexity index is 1270. The standard InChI is InChI=1S/C29H21NO/c1-4-12-22(13-5-1)27(30-25-16-8-3-9-17-25)20-24-21-29(23-14-6-2-7-15-23)31-28-19-11-10-18-26(24)28/h1-21H/b24-20+,30-27?. The van der Waals surface area contributed by atoms with Gasteiger partial charge in [-0.15, -0.1) is 0 Å². The van der Waals surface area contributed by atoms with Crippen molar-refractivity contribution in [1.29, 1.82) is 0 Å². The number of rotatable bonds is 4. The van der Waals surface area contributed by atoms with Crippen LogP contribution in [-0.2, 0) is 0 Å². The molecule has 2 heteroatoms. The van der Waals surface area contributed by atoms with Gasteiger partial charge in [0, 0.05) is 16.7 Å². The predicted octanol–water partition coefficient (Wildman–Crippen LogP) is 7.32. The molecule has 1 aliphatic heterocycles. The van der Waals surface area contributed by atoms with E-state index < -0.39 is 0 Å². The van der Waals surface area contributed by atoms with Gasteiger partial charge in [0.25, 0.3) is 0 Å². The number of hydrogen-bond donors (Lipinski definition) is 0. The molecule has 0 amide bonds. The van der Waals surface area contributed by atoms with Crippen LogP contribution in [0.2, 0.25) is 0 Å². The number of hydrogen-bond acceptors (Lipinski definition) is 2. The maximum atomic E-state index is 6.23. The van der Waals surface area contributed by atoms with E-state index in [2.05, 4.69) is 42.5 Å². The van der Waals surface area contributed by atoms with Crippen molar-refractivity contribution in [2.24, 2.45) is 4.99 Å². The minimum absolute atomic E-state index is 0.831. The number of aliphatic imine (C=N–C) groups is 1. The van der Waals surface area contributed by atoms with E-state index >= 15 is 0 Å². The normalized spacial score (nSPS) is 14.5. The average molecular weight is 399 g/mol. The van der Waals surface area contributed by atoms with Crippen molar-refractivity contribution in [2.75, 3.05) is 0 Å². The largest absolute Gasteiger partial charge is 0.456 e. The van der Waals surface area contributed by atoms with Gasteiger partial charge in [0.2, 0.25) is 0 Å². The Morgan fingerprint density at radius 1 is 0.645 bits per heavy atom. The van der Waals surface area contributed by atoms with Gasteiger partial charge >= 0.3 is 0 Å². The summed E-state index contributed by atoms with van der Waals surface area (Å²) in [6.07, 6.45) is 4.24. The highest BCUT2D eigenvalue weighted by Crippen LogP contribution is 2.37. The van der Waals surface area contributed by atoms with E-state index in [-0.39, 0.29) is 0 Å². The third-order valence-corrected chi connectivity index (χ3v) is 5.13. The number of fused-ring (bicyclic) bond motifs is 1. The highest BCUT2D eigenvalue weighted by Gasteiger charge is 2.18. The lowest BCUT2D eigenvalue weighted by molar-refractivity contribution is 0.509. The van der Waals surface area contributed by atoms with Gasteiger partial charge in [-0.1, -0.05) is 97.1 Å². The minimum atomic E-state index is 0.831. The number of nitrogens with zero attached hydrogens (tertiary/aromatic N) is 1. The number of para-hydroxylation sites is 2. The summed E-state index contributed by atoms with van der Waals surface area (Å²) in [7, 11) is 0. The maximum absolute atomic E-state index is 6.23. The van der Waals surface area contributed by atoms with Gasteiger partial charge in [0.1, 0.15) is 11.5 Å². The van der Waals surface area contributed by atoms with Gasteiger partial charge in [0.05, 0.1) is 11.4 Å². The van der Waals surface area contributed by atoms with E-state index in [9.17, 15) is 0 Å². The van der Waals surface area contributed by atoms with Crippen molar-refractivity contribution in [2.45, 2.75) is 0 Å². The molecule has 0 aliphatic carbocycles. The zero-order valence-corrected chi connectivity index (χ0v) is 17.0. The van der Waals surface area contributed by atoms with Gasteiger partial charge < -0.3 is 4.74 Å². The number of allylic oxidation sites excluding steroid dienone is 3. The van der Waals surface area contributed by atoms with Crippen LogP contribution in [0.1, 0.15) is 16.7 Å². The van der Waals surface area contributed by atoms with Crippen molar-refractivity contribution in [3.05, 3.63) is 144 Å². The van der Waals surface area contributed by atoms with Crippen LogP contribution in [0.15, 0.2) is 132 Å². The summed E-state index contributed by atoms with van der Waals surface area (Å²) < 4.78 is 6.23. The summed E-state index contributed by atoms with van der Waals surface area (Å²) in [5, 5.41) is 0. The average Bonchev–Trinajstić information content (AvgIpc) is 2.85. The molecular formula is C29H21NO. The molecule has 5 rings (SSSR count).